The van der Waals surface area contributed by atoms with E-state index >= 15 is 0 Å². The molecule has 1 aromatic heterocycles. The van der Waals surface area contributed by atoms with Crippen molar-refractivity contribution in [2.75, 3.05) is 20.2 Å². The molecule has 2 aromatic carbocycles. The van der Waals surface area contributed by atoms with Gasteiger partial charge in [-0.1, -0.05) is 11.3 Å². The van der Waals surface area contributed by atoms with Crippen molar-refractivity contribution in [2.45, 2.75) is 25.1 Å². The van der Waals surface area contributed by atoms with Gasteiger partial charge < -0.3 is 9.64 Å². The molecule has 1 aliphatic rings. The Morgan fingerprint density at radius 3 is 2.59 bits per heavy atom. The number of aromatic nitrogens is 3. The number of rotatable bonds is 3. The van der Waals surface area contributed by atoms with E-state index in [4.69, 9.17) is 4.74 Å². The standard InChI is InChI=1S/C20H19F3N4O2/c1-29-16-4-2-3-13(11-16)19(28)26-9-7-15(8-10-26)27-18-6-5-14(20(21,22)23)12-17(18)24-25-27/h2-6,11-12,15H,7-10H2,1H3. The molecule has 1 amide bonds. The lowest BCUT2D eigenvalue weighted by Gasteiger charge is -2.32. The molecule has 0 saturated carbocycles. The molecule has 2 heterocycles. The number of hydrogen-bond acceptors (Lipinski definition) is 4. The Hall–Kier alpha value is -3.10. The zero-order chi connectivity index (χ0) is 20.6. The third kappa shape index (κ3) is 3.76. The zero-order valence-corrected chi connectivity index (χ0v) is 15.7. The topological polar surface area (TPSA) is 60.2 Å². The molecule has 29 heavy (non-hydrogen) atoms. The van der Waals surface area contributed by atoms with E-state index in [1.54, 1.807) is 41.0 Å². The van der Waals surface area contributed by atoms with Crippen LogP contribution in [0, 0.1) is 0 Å². The number of likely N-dealkylation sites (tertiary alicyclic amines) is 1. The van der Waals surface area contributed by atoms with Crippen LogP contribution in [0.3, 0.4) is 0 Å². The molecule has 9 heteroatoms. The third-order valence-electron chi connectivity index (χ3n) is 5.21. The van der Waals surface area contributed by atoms with E-state index in [0.717, 1.165) is 12.1 Å². The Labute approximate surface area is 164 Å². The van der Waals surface area contributed by atoms with Crippen molar-refractivity contribution < 1.29 is 22.7 Å². The molecular weight excluding hydrogens is 385 g/mol. The monoisotopic (exact) mass is 404 g/mol. The second-order valence-corrected chi connectivity index (χ2v) is 6.99. The van der Waals surface area contributed by atoms with E-state index in [-0.39, 0.29) is 17.5 Å². The van der Waals surface area contributed by atoms with Crippen molar-refractivity contribution in [1.82, 2.24) is 19.9 Å². The van der Waals surface area contributed by atoms with Gasteiger partial charge in [-0.25, -0.2) is 4.68 Å². The number of ether oxygens (including phenoxy) is 1. The molecule has 6 nitrogen and oxygen atoms in total. The first kappa shape index (κ1) is 19.2. The molecule has 0 aliphatic carbocycles. The lowest BCUT2D eigenvalue weighted by atomic mass is 10.0. The first-order chi connectivity index (χ1) is 13.9. The van der Waals surface area contributed by atoms with Gasteiger partial charge in [0.15, 0.2) is 0 Å². The summed E-state index contributed by atoms with van der Waals surface area (Å²) in [7, 11) is 1.55. The minimum atomic E-state index is -4.41. The Morgan fingerprint density at radius 2 is 1.90 bits per heavy atom. The van der Waals surface area contributed by atoms with Crippen molar-refractivity contribution in [2.24, 2.45) is 0 Å². The van der Waals surface area contributed by atoms with Crippen LogP contribution >= 0.6 is 0 Å². The Bertz CT molecular complexity index is 1040. The summed E-state index contributed by atoms with van der Waals surface area (Å²) in [5.41, 5.74) is 0.606. The van der Waals surface area contributed by atoms with E-state index in [1.165, 1.54) is 6.07 Å². The number of benzene rings is 2. The van der Waals surface area contributed by atoms with Gasteiger partial charge in [0, 0.05) is 18.7 Å². The maximum atomic E-state index is 12.9. The number of piperidine rings is 1. The van der Waals surface area contributed by atoms with Crippen molar-refractivity contribution >= 4 is 16.9 Å². The molecule has 1 saturated heterocycles. The summed E-state index contributed by atoms with van der Waals surface area (Å²) in [4.78, 5) is 14.5. The largest absolute Gasteiger partial charge is 0.497 e. The van der Waals surface area contributed by atoms with Crippen LogP contribution in [-0.2, 0) is 6.18 Å². The SMILES string of the molecule is COc1cccc(C(=O)N2CCC(n3nnc4cc(C(F)(F)F)ccc43)CC2)c1. The highest BCUT2D eigenvalue weighted by atomic mass is 19.4. The number of amides is 1. The van der Waals surface area contributed by atoms with Gasteiger partial charge in [0.25, 0.3) is 5.91 Å². The molecule has 4 rings (SSSR count). The number of nitrogens with zero attached hydrogens (tertiary/aromatic N) is 4. The van der Waals surface area contributed by atoms with Gasteiger partial charge in [-0.15, -0.1) is 5.10 Å². The molecule has 0 radical (unpaired) electrons. The number of hydrogen-bond donors (Lipinski definition) is 0. The molecule has 1 fully saturated rings. The highest BCUT2D eigenvalue weighted by molar-refractivity contribution is 5.94. The fourth-order valence-electron chi connectivity index (χ4n) is 3.64. The molecule has 0 atom stereocenters. The van der Waals surface area contributed by atoms with E-state index < -0.39 is 11.7 Å². The molecule has 152 valence electrons. The Balaban J connectivity index is 1.47. The number of fused-ring (bicyclic) bond motifs is 1. The van der Waals surface area contributed by atoms with Gasteiger partial charge in [-0.2, -0.15) is 13.2 Å². The van der Waals surface area contributed by atoms with Gasteiger partial charge in [0.05, 0.1) is 24.2 Å². The van der Waals surface area contributed by atoms with Gasteiger partial charge in [0.1, 0.15) is 11.3 Å². The maximum Gasteiger partial charge on any atom is 0.416 e. The number of halogens is 3. The minimum absolute atomic E-state index is 0.0221. The van der Waals surface area contributed by atoms with Crippen molar-refractivity contribution in [3.05, 3.63) is 53.6 Å². The van der Waals surface area contributed by atoms with Crippen molar-refractivity contribution in [3.63, 3.8) is 0 Å². The quantitative estimate of drug-likeness (QED) is 0.664. The lowest BCUT2D eigenvalue weighted by molar-refractivity contribution is -0.137. The van der Waals surface area contributed by atoms with E-state index in [1.807, 2.05) is 0 Å². The van der Waals surface area contributed by atoms with Crippen LogP contribution in [0.15, 0.2) is 42.5 Å². The Morgan fingerprint density at radius 1 is 1.14 bits per heavy atom. The first-order valence-corrected chi connectivity index (χ1v) is 9.22. The molecule has 3 aromatic rings. The summed E-state index contributed by atoms with van der Waals surface area (Å²) in [6.07, 6.45) is -3.12. The number of alkyl halides is 3. The summed E-state index contributed by atoms with van der Waals surface area (Å²) < 4.78 is 45.5. The average molecular weight is 404 g/mol. The van der Waals surface area contributed by atoms with Crippen LogP contribution in [0.1, 0.15) is 34.8 Å². The predicted octanol–water partition coefficient (Wildman–Crippen LogP) is 3.94. The summed E-state index contributed by atoms with van der Waals surface area (Å²) in [6, 6.07) is 10.5. The van der Waals surface area contributed by atoms with Crippen LogP contribution in [0.2, 0.25) is 0 Å². The lowest BCUT2D eigenvalue weighted by Crippen LogP contribution is -2.39. The van der Waals surface area contributed by atoms with Gasteiger partial charge in [-0.3, -0.25) is 4.79 Å². The molecule has 0 N–H and O–H groups in total. The second kappa shape index (κ2) is 7.38. The van der Waals surface area contributed by atoms with Gasteiger partial charge in [0.2, 0.25) is 0 Å². The fourth-order valence-corrected chi connectivity index (χ4v) is 3.64. The van der Waals surface area contributed by atoms with Crippen LogP contribution < -0.4 is 4.74 Å². The summed E-state index contributed by atoms with van der Waals surface area (Å²) >= 11 is 0. The molecule has 0 unspecified atom stereocenters. The second-order valence-electron chi connectivity index (χ2n) is 6.99. The van der Waals surface area contributed by atoms with Crippen molar-refractivity contribution in [1.29, 1.82) is 0 Å². The maximum absolute atomic E-state index is 12.9. The van der Waals surface area contributed by atoms with Gasteiger partial charge >= 0.3 is 6.18 Å². The highest BCUT2D eigenvalue weighted by Gasteiger charge is 2.32. The molecule has 1 aliphatic heterocycles. The van der Waals surface area contributed by atoms with Crippen molar-refractivity contribution in [3.8, 4) is 5.75 Å². The highest BCUT2D eigenvalue weighted by Crippen LogP contribution is 2.32. The number of carbonyl (C=O) groups excluding carboxylic acids is 1. The molecule has 0 bridgehead atoms. The molecular formula is C20H19F3N4O2. The van der Waals surface area contributed by atoms with Gasteiger partial charge in [-0.05, 0) is 49.2 Å². The fraction of sp³-hybridized carbons (Fsp3) is 0.350. The number of carbonyl (C=O) groups is 1. The normalized spacial score (nSPS) is 15.7. The predicted molar refractivity (Wildman–Crippen MR) is 99.7 cm³/mol. The summed E-state index contributed by atoms with van der Waals surface area (Å²) in [5.74, 6) is 0.554. The molecule has 0 spiro atoms. The Kier molecular flexibility index (Phi) is 4.89. The third-order valence-corrected chi connectivity index (χ3v) is 5.21. The number of methoxy groups -OCH3 is 1. The van der Waals surface area contributed by atoms with Crippen LogP contribution in [-0.4, -0.2) is 46.0 Å². The average Bonchev–Trinajstić information content (AvgIpc) is 3.16. The summed E-state index contributed by atoms with van der Waals surface area (Å²) in [5, 5.41) is 7.98. The van der Waals surface area contributed by atoms with Crippen LogP contribution in [0.25, 0.3) is 11.0 Å². The van der Waals surface area contributed by atoms with E-state index in [9.17, 15) is 18.0 Å². The zero-order valence-electron chi connectivity index (χ0n) is 15.7. The van der Waals surface area contributed by atoms with E-state index in [0.29, 0.717) is 42.8 Å². The minimum Gasteiger partial charge on any atom is -0.497 e. The first-order valence-electron chi connectivity index (χ1n) is 9.22. The smallest absolute Gasteiger partial charge is 0.416 e. The summed E-state index contributed by atoms with van der Waals surface area (Å²) in [6.45, 7) is 1.06. The van der Waals surface area contributed by atoms with E-state index in [2.05, 4.69) is 10.3 Å². The van der Waals surface area contributed by atoms with Crippen LogP contribution in [0.5, 0.6) is 5.75 Å². The van der Waals surface area contributed by atoms with Crippen LogP contribution in [0.4, 0.5) is 13.2 Å².